The third-order valence-electron chi connectivity index (χ3n) is 2.51. The molecule has 82 valence electrons. The number of hydrogen-bond donors (Lipinski definition) is 2. The van der Waals surface area contributed by atoms with Gasteiger partial charge in [-0.3, -0.25) is 0 Å². The van der Waals surface area contributed by atoms with Crippen molar-refractivity contribution in [1.29, 1.82) is 0 Å². The van der Waals surface area contributed by atoms with Crippen LogP contribution in [0.3, 0.4) is 0 Å². The molecule has 1 aliphatic rings. The van der Waals surface area contributed by atoms with Crippen LogP contribution in [0.4, 0.5) is 14.5 Å². The van der Waals surface area contributed by atoms with E-state index in [1.807, 2.05) is 12.1 Å². The average Bonchev–Trinajstić information content (AvgIpc) is 2.64. The fourth-order valence-corrected chi connectivity index (χ4v) is 1.77. The molecule has 1 aromatic carbocycles. The minimum absolute atomic E-state index is 0.246. The van der Waals surface area contributed by atoms with Crippen LogP contribution in [0.2, 0.25) is 0 Å². The summed E-state index contributed by atoms with van der Waals surface area (Å²) in [5, 5.41) is 5.98. The lowest BCUT2D eigenvalue weighted by molar-refractivity contribution is 0.145. The number of alkyl halides is 2. The van der Waals surface area contributed by atoms with Crippen LogP contribution >= 0.6 is 0 Å². The van der Waals surface area contributed by atoms with Crippen LogP contribution < -0.4 is 10.6 Å². The molecule has 15 heavy (non-hydrogen) atoms. The summed E-state index contributed by atoms with van der Waals surface area (Å²) < 4.78 is 23.8. The van der Waals surface area contributed by atoms with Gasteiger partial charge in [0.15, 0.2) is 0 Å². The quantitative estimate of drug-likeness (QED) is 0.797. The highest BCUT2D eigenvalue weighted by Crippen LogP contribution is 2.22. The Morgan fingerprint density at radius 2 is 2.27 bits per heavy atom. The number of benzene rings is 1. The van der Waals surface area contributed by atoms with Gasteiger partial charge in [-0.1, -0.05) is 12.1 Å². The molecule has 2 rings (SSSR count). The highest BCUT2D eigenvalue weighted by molar-refractivity contribution is 5.56. The Hall–Kier alpha value is -1.16. The third-order valence-corrected chi connectivity index (χ3v) is 2.51. The monoisotopic (exact) mass is 212 g/mol. The predicted octanol–water partition coefficient (Wildman–Crippen LogP) is 2.01. The van der Waals surface area contributed by atoms with Gasteiger partial charge in [0.2, 0.25) is 0 Å². The van der Waals surface area contributed by atoms with Gasteiger partial charge in [0.05, 0.1) is 6.54 Å². The Labute approximate surface area is 87.7 Å². The predicted molar refractivity (Wildman–Crippen MR) is 56.3 cm³/mol. The van der Waals surface area contributed by atoms with Gasteiger partial charge in [-0.15, -0.1) is 0 Å². The molecule has 0 aliphatic carbocycles. The lowest BCUT2D eigenvalue weighted by atomic mass is 10.1. The second-order valence-electron chi connectivity index (χ2n) is 3.69. The van der Waals surface area contributed by atoms with Gasteiger partial charge < -0.3 is 10.6 Å². The molecule has 1 aliphatic heterocycles. The van der Waals surface area contributed by atoms with Crippen LogP contribution in [-0.4, -0.2) is 19.5 Å². The maximum atomic E-state index is 11.9. The lowest BCUT2D eigenvalue weighted by Gasteiger charge is -2.06. The second kappa shape index (κ2) is 4.57. The molecule has 0 amide bonds. The first-order valence-corrected chi connectivity index (χ1v) is 5.10. The topological polar surface area (TPSA) is 24.1 Å². The van der Waals surface area contributed by atoms with Gasteiger partial charge in [0, 0.05) is 18.8 Å². The van der Waals surface area contributed by atoms with Crippen LogP contribution in [0.25, 0.3) is 0 Å². The molecule has 2 nitrogen and oxygen atoms in total. The summed E-state index contributed by atoms with van der Waals surface area (Å²) in [7, 11) is 0. The Balaban J connectivity index is 1.92. The van der Waals surface area contributed by atoms with Crippen molar-refractivity contribution in [2.24, 2.45) is 0 Å². The van der Waals surface area contributed by atoms with Gasteiger partial charge >= 0.3 is 0 Å². The van der Waals surface area contributed by atoms with Gasteiger partial charge in [-0.05, 0) is 23.6 Å². The molecule has 0 bridgehead atoms. The fourth-order valence-electron chi connectivity index (χ4n) is 1.77. The molecule has 0 aromatic heterocycles. The summed E-state index contributed by atoms with van der Waals surface area (Å²) >= 11 is 0. The third kappa shape index (κ3) is 2.65. The van der Waals surface area contributed by atoms with E-state index in [1.165, 1.54) is 5.56 Å². The molecule has 0 radical (unpaired) electrons. The van der Waals surface area contributed by atoms with E-state index >= 15 is 0 Å². The van der Waals surface area contributed by atoms with Crippen LogP contribution in [-0.2, 0) is 13.0 Å². The largest absolute Gasteiger partial charge is 0.384 e. The van der Waals surface area contributed by atoms with Crippen molar-refractivity contribution in [1.82, 2.24) is 5.32 Å². The molecule has 0 atom stereocenters. The zero-order valence-corrected chi connectivity index (χ0v) is 8.39. The van der Waals surface area contributed by atoms with Crippen LogP contribution in [0.15, 0.2) is 18.2 Å². The molecule has 0 saturated heterocycles. The maximum absolute atomic E-state index is 11.9. The molecule has 0 spiro atoms. The zero-order valence-electron chi connectivity index (χ0n) is 8.39. The summed E-state index contributed by atoms with van der Waals surface area (Å²) in [6.45, 7) is 1.23. The summed E-state index contributed by atoms with van der Waals surface area (Å²) in [5.41, 5.74) is 3.50. The Morgan fingerprint density at radius 3 is 3.07 bits per heavy atom. The highest BCUT2D eigenvalue weighted by Gasteiger charge is 2.09. The Kier molecular flexibility index (Phi) is 3.16. The molecule has 1 aromatic rings. The van der Waals surface area contributed by atoms with Crippen molar-refractivity contribution in [3.63, 3.8) is 0 Å². The van der Waals surface area contributed by atoms with Gasteiger partial charge in [0.25, 0.3) is 6.43 Å². The first-order chi connectivity index (χ1) is 7.25. The molecule has 4 heteroatoms. The van der Waals surface area contributed by atoms with Crippen molar-refractivity contribution in [3.05, 3.63) is 29.3 Å². The van der Waals surface area contributed by atoms with Crippen molar-refractivity contribution in [2.45, 2.75) is 19.4 Å². The van der Waals surface area contributed by atoms with Crippen molar-refractivity contribution in [3.8, 4) is 0 Å². The summed E-state index contributed by atoms with van der Waals surface area (Å²) in [6, 6.07) is 6.08. The molecular formula is C11H14F2N2. The Bertz CT molecular complexity index is 339. The Morgan fingerprint density at radius 1 is 1.40 bits per heavy atom. The molecule has 0 saturated carbocycles. The average molecular weight is 212 g/mol. The van der Waals surface area contributed by atoms with E-state index in [2.05, 4.69) is 16.7 Å². The van der Waals surface area contributed by atoms with Gasteiger partial charge in [0.1, 0.15) is 0 Å². The van der Waals surface area contributed by atoms with E-state index in [4.69, 9.17) is 0 Å². The number of hydrogen-bond acceptors (Lipinski definition) is 2. The maximum Gasteiger partial charge on any atom is 0.250 e. The van der Waals surface area contributed by atoms with Crippen LogP contribution in [0.5, 0.6) is 0 Å². The van der Waals surface area contributed by atoms with E-state index in [9.17, 15) is 8.78 Å². The van der Waals surface area contributed by atoms with Crippen molar-refractivity contribution < 1.29 is 8.78 Å². The minimum Gasteiger partial charge on any atom is -0.384 e. The molecule has 1 heterocycles. The van der Waals surface area contributed by atoms with E-state index < -0.39 is 6.43 Å². The smallest absolute Gasteiger partial charge is 0.250 e. The second-order valence-corrected chi connectivity index (χ2v) is 3.69. The number of nitrogens with one attached hydrogen (secondary N) is 2. The fraction of sp³-hybridized carbons (Fsp3) is 0.455. The molecule has 0 fully saturated rings. The SMILES string of the molecule is FC(F)CNCc1ccc2c(c1)NCC2. The molecule has 2 N–H and O–H groups in total. The van der Waals surface area contributed by atoms with Crippen molar-refractivity contribution >= 4 is 5.69 Å². The molecule has 0 unspecified atom stereocenters. The van der Waals surface area contributed by atoms with E-state index in [0.717, 1.165) is 24.2 Å². The first-order valence-electron chi connectivity index (χ1n) is 5.10. The summed E-state index contributed by atoms with van der Waals surface area (Å²) in [5.74, 6) is 0. The summed E-state index contributed by atoms with van der Waals surface area (Å²) in [4.78, 5) is 0. The molecular weight excluding hydrogens is 198 g/mol. The standard InChI is InChI=1S/C11H14F2N2/c12-11(13)7-14-6-8-1-2-9-3-4-15-10(9)5-8/h1-2,5,11,14-15H,3-4,6-7H2. The van der Waals surface area contributed by atoms with E-state index in [1.54, 1.807) is 0 Å². The van der Waals surface area contributed by atoms with E-state index in [-0.39, 0.29) is 6.54 Å². The first kappa shape index (κ1) is 10.4. The number of halogens is 2. The normalized spacial score (nSPS) is 14.1. The minimum atomic E-state index is -2.28. The van der Waals surface area contributed by atoms with Gasteiger partial charge in [-0.25, -0.2) is 8.78 Å². The van der Waals surface area contributed by atoms with Crippen LogP contribution in [0, 0.1) is 0 Å². The van der Waals surface area contributed by atoms with E-state index in [0.29, 0.717) is 6.54 Å². The summed E-state index contributed by atoms with van der Waals surface area (Å²) in [6.07, 6.45) is -1.22. The highest BCUT2D eigenvalue weighted by atomic mass is 19.3. The zero-order chi connectivity index (χ0) is 10.7. The van der Waals surface area contributed by atoms with Gasteiger partial charge in [-0.2, -0.15) is 0 Å². The van der Waals surface area contributed by atoms with Crippen molar-refractivity contribution in [2.75, 3.05) is 18.4 Å². The number of fused-ring (bicyclic) bond motifs is 1. The van der Waals surface area contributed by atoms with Crippen LogP contribution in [0.1, 0.15) is 11.1 Å². The number of anilines is 1. The number of rotatable bonds is 4. The lowest BCUT2D eigenvalue weighted by Crippen LogP contribution is -2.20.